The molecule has 3 rings (SSSR count). The molecule has 1 amide bonds. The number of aryl methyl sites for hydroxylation is 2. The minimum absolute atomic E-state index is 0.242. The molecule has 1 N–H and O–H groups in total. The van der Waals surface area contributed by atoms with Gasteiger partial charge in [-0.2, -0.15) is 0 Å². The normalized spacial score (nSPS) is 11.1. The third-order valence-corrected chi connectivity index (χ3v) is 4.88. The van der Waals surface area contributed by atoms with Crippen LogP contribution in [0.15, 0.2) is 35.5 Å². The van der Waals surface area contributed by atoms with E-state index in [0.717, 1.165) is 11.4 Å². The molecule has 0 aliphatic carbocycles. The van der Waals surface area contributed by atoms with E-state index in [4.69, 9.17) is 0 Å². The molecular weight excluding hydrogens is 391 g/mol. The number of amides is 1. The molecule has 0 saturated carbocycles. The van der Waals surface area contributed by atoms with Gasteiger partial charge in [-0.15, -0.1) is 5.10 Å². The number of rotatable bonds is 7. The van der Waals surface area contributed by atoms with Crippen molar-refractivity contribution in [3.63, 3.8) is 0 Å². The number of carbonyl (C=O) groups excluding carboxylic acids is 1. The first-order chi connectivity index (χ1) is 13.8. The Labute approximate surface area is 173 Å². The van der Waals surface area contributed by atoms with Crippen molar-refractivity contribution < 1.29 is 9.18 Å². The highest BCUT2D eigenvalue weighted by molar-refractivity contribution is 7.98. The topological polar surface area (TPSA) is 85.6 Å². The van der Waals surface area contributed by atoms with Gasteiger partial charge in [-0.1, -0.05) is 30.8 Å². The standard InChI is InChI=1S/C20H23FN6OS/c1-12(2)10-22-19(28)18-17(11-29-20-23-13(3)9-14(4)24-20)27(26-25-18)16-7-5-15(21)6-8-16/h5-9,12H,10-11H2,1-4H3,(H,22,28). The van der Waals surface area contributed by atoms with E-state index in [-0.39, 0.29) is 17.4 Å². The van der Waals surface area contributed by atoms with Gasteiger partial charge in [-0.3, -0.25) is 4.79 Å². The molecule has 0 spiro atoms. The molecule has 7 nitrogen and oxygen atoms in total. The Bertz CT molecular complexity index is 982. The molecule has 0 saturated heterocycles. The molecule has 0 fully saturated rings. The first-order valence-corrected chi connectivity index (χ1v) is 10.3. The van der Waals surface area contributed by atoms with Crippen molar-refractivity contribution in [2.24, 2.45) is 5.92 Å². The highest BCUT2D eigenvalue weighted by atomic mass is 32.2. The number of carbonyl (C=O) groups is 1. The van der Waals surface area contributed by atoms with Gasteiger partial charge in [0.1, 0.15) is 5.82 Å². The second-order valence-corrected chi connectivity index (χ2v) is 8.04. The van der Waals surface area contributed by atoms with Crippen LogP contribution in [0.3, 0.4) is 0 Å². The first-order valence-electron chi connectivity index (χ1n) is 9.27. The summed E-state index contributed by atoms with van der Waals surface area (Å²) in [6, 6.07) is 7.79. The molecule has 9 heteroatoms. The number of benzene rings is 1. The molecule has 1 aromatic carbocycles. The molecule has 0 aliphatic rings. The van der Waals surface area contributed by atoms with Crippen LogP contribution in [0.1, 0.15) is 41.4 Å². The SMILES string of the molecule is Cc1cc(C)nc(SCc2c(C(=O)NCC(C)C)nnn2-c2ccc(F)cc2)n1. The monoisotopic (exact) mass is 414 g/mol. The molecule has 0 bridgehead atoms. The van der Waals surface area contributed by atoms with E-state index in [0.29, 0.717) is 34.8 Å². The molecule has 152 valence electrons. The summed E-state index contributed by atoms with van der Waals surface area (Å²) in [5, 5.41) is 11.7. The summed E-state index contributed by atoms with van der Waals surface area (Å²) in [5.41, 5.74) is 3.22. The van der Waals surface area contributed by atoms with E-state index >= 15 is 0 Å². The highest BCUT2D eigenvalue weighted by Gasteiger charge is 2.21. The maximum Gasteiger partial charge on any atom is 0.273 e. The molecule has 2 aromatic heterocycles. The smallest absolute Gasteiger partial charge is 0.273 e. The summed E-state index contributed by atoms with van der Waals surface area (Å²) < 4.78 is 14.9. The minimum atomic E-state index is -0.344. The van der Waals surface area contributed by atoms with Crippen LogP contribution in [-0.2, 0) is 5.75 Å². The van der Waals surface area contributed by atoms with Crippen molar-refractivity contribution >= 4 is 17.7 Å². The van der Waals surface area contributed by atoms with Gasteiger partial charge in [0.05, 0.1) is 11.4 Å². The van der Waals surface area contributed by atoms with E-state index in [9.17, 15) is 9.18 Å². The summed E-state index contributed by atoms with van der Waals surface area (Å²) in [4.78, 5) is 21.5. The zero-order valence-corrected chi connectivity index (χ0v) is 17.6. The zero-order chi connectivity index (χ0) is 21.0. The lowest BCUT2D eigenvalue weighted by Gasteiger charge is -2.10. The number of nitrogens with zero attached hydrogens (tertiary/aromatic N) is 5. The van der Waals surface area contributed by atoms with E-state index in [1.54, 1.807) is 16.8 Å². The summed E-state index contributed by atoms with van der Waals surface area (Å²) >= 11 is 1.40. The lowest BCUT2D eigenvalue weighted by molar-refractivity contribution is 0.0943. The third-order valence-electron chi connectivity index (χ3n) is 4.02. The fourth-order valence-electron chi connectivity index (χ4n) is 2.67. The molecule has 0 aliphatic heterocycles. The van der Waals surface area contributed by atoms with Crippen LogP contribution in [0.5, 0.6) is 0 Å². The Morgan fingerprint density at radius 1 is 1.17 bits per heavy atom. The third kappa shape index (κ3) is 5.38. The molecule has 29 heavy (non-hydrogen) atoms. The molecule has 0 atom stereocenters. The predicted octanol–water partition coefficient (Wildman–Crippen LogP) is 3.49. The van der Waals surface area contributed by atoms with E-state index in [2.05, 4.69) is 25.6 Å². The van der Waals surface area contributed by atoms with Gasteiger partial charge < -0.3 is 5.32 Å². The highest BCUT2D eigenvalue weighted by Crippen LogP contribution is 2.24. The summed E-state index contributed by atoms with van der Waals surface area (Å²) in [6.45, 7) is 8.39. The Morgan fingerprint density at radius 3 is 2.45 bits per heavy atom. The zero-order valence-electron chi connectivity index (χ0n) is 16.8. The summed E-state index contributed by atoms with van der Waals surface area (Å²) in [5.74, 6) is 0.0671. The maximum atomic E-state index is 13.3. The average molecular weight is 415 g/mol. The molecule has 3 aromatic rings. The summed E-state index contributed by atoms with van der Waals surface area (Å²) in [7, 11) is 0. The second kappa shape index (κ2) is 9.13. The van der Waals surface area contributed by atoms with E-state index in [1.807, 2.05) is 33.8 Å². The van der Waals surface area contributed by atoms with Crippen LogP contribution in [0.25, 0.3) is 5.69 Å². The Hall–Kier alpha value is -2.81. The van der Waals surface area contributed by atoms with Gasteiger partial charge >= 0.3 is 0 Å². The van der Waals surface area contributed by atoms with Gasteiger partial charge in [0, 0.05) is 23.7 Å². The lowest BCUT2D eigenvalue weighted by Crippen LogP contribution is -2.28. The van der Waals surface area contributed by atoms with Crippen molar-refractivity contribution in [1.29, 1.82) is 0 Å². The van der Waals surface area contributed by atoms with Crippen molar-refractivity contribution in [2.75, 3.05) is 6.54 Å². The number of hydrogen-bond donors (Lipinski definition) is 1. The second-order valence-electron chi connectivity index (χ2n) is 7.10. The van der Waals surface area contributed by atoms with Gasteiger partial charge in [-0.05, 0) is 50.1 Å². The van der Waals surface area contributed by atoms with Crippen LogP contribution >= 0.6 is 11.8 Å². The van der Waals surface area contributed by atoms with Crippen LogP contribution in [0, 0.1) is 25.6 Å². The fraction of sp³-hybridized carbons (Fsp3) is 0.350. The molecule has 0 radical (unpaired) electrons. The largest absolute Gasteiger partial charge is 0.350 e. The fourth-order valence-corrected chi connectivity index (χ4v) is 3.61. The Kier molecular flexibility index (Phi) is 6.58. The molecule has 2 heterocycles. The van der Waals surface area contributed by atoms with Crippen molar-refractivity contribution in [2.45, 2.75) is 38.6 Å². The van der Waals surface area contributed by atoms with Crippen molar-refractivity contribution in [3.8, 4) is 5.69 Å². The Balaban J connectivity index is 1.92. The summed E-state index contributed by atoms with van der Waals surface area (Å²) in [6.07, 6.45) is 0. The number of hydrogen-bond acceptors (Lipinski definition) is 6. The van der Waals surface area contributed by atoms with Gasteiger partial charge in [0.15, 0.2) is 10.9 Å². The first kappa shape index (κ1) is 20.9. The average Bonchev–Trinajstić information content (AvgIpc) is 3.08. The van der Waals surface area contributed by atoms with Crippen molar-refractivity contribution in [3.05, 3.63) is 58.9 Å². The quantitative estimate of drug-likeness (QED) is 0.471. The van der Waals surface area contributed by atoms with Gasteiger partial charge in [-0.25, -0.2) is 19.0 Å². The number of aromatic nitrogens is 5. The van der Waals surface area contributed by atoms with Crippen LogP contribution in [0.4, 0.5) is 4.39 Å². The van der Waals surface area contributed by atoms with Crippen LogP contribution in [-0.4, -0.2) is 37.4 Å². The van der Waals surface area contributed by atoms with E-state index < -0.39 is 0 Å². The number of thioether (sulfide) groups is 1. The van der Waals surface area contributed by atoms with Gasteiger partial charge in [0.25, 0.3) is 5.91 Å². The minimum Gasteiger partial charge on any atom is -0.350 e. The number of nitrogens with one attached hydrogen (secondary N) is 1. The van der Waals surface area contributed by atoms with Gasteiger partial charge in [0.2, 0.25) is 0 Å². The predicted molar refractivity (Wildman–Crippen MR) is 110 cm³/mol. The van der Waals surface area contributed by atoms with Crippen LogP contribution < -0.4 is 5.32 Å². The van der Waals surface area contributed by atoms with Crippen LogP contribution in [0.2, 0.25) is 0 Å². The molecule has 0 unspecified atom stereocenters. The molecular formula is C20H23FN6OS. The van der Waals surface area contributed by atoms with E-state index in [1.165, 1.54) is 23.9 Å². The maximum absolute atomic E-state index is 13.3. The number of halogens is 1. The lowest BCUT2D eigenvalue weighted by atomic mass is 10.2. The Morgan fingerprint density at radius 2 is 1.83 bits per heavy atom. The van der Waals surface area contributed by atoms with Crippen molar-refractivity contribution in [1.82, 2.24) is 30.3 Å².